The number of carbonyl (C=O) groups is 3. The van der Waals surface area contributed by atoms with E-state index in [1.54, 1.807) is 36.1 Å². The van der Waals surface area contributed by atoms with E-state index in [-0.39, 0.29) is 5.91 Å². The Bertz CT molecular complexity index is 600. The van der Waals surface area contributed by atoms with Crippen LogP contribution < -0.4 is 10.6 Å². The van der Waals surface area contributed by atoms with Gasteiger partial charge in [0.15, 0.2) is 6.10 Å². The van der Waals surface area contributed by atoms with Crippen molar-refractivity contribution in [2.45, 2.75) is 45.3 Å². The van der Waals surface area contributed by atoms with E-state index in [9.17, 15) is 14.4 Å². The van der Waals surface area contributed by atoms with Gasteiger partial charge in [0.05, 0.1) is 0 Å². The highest BCUT2D eigenvalue weighted by molar-refractivity contribution is 5.93. The number of anilines is 1. The lowest BCUT2D eigenvalue weighted by Gasteiger charge is -2.29. The van der Waals surface area contributed by atoms with E-state index in [4.69, 9.17) is 4.74 Å². The molecule has 0 aromatic heterocycles. The van der Waals surface area contributed by atoms with Crippen molar-refractivity contribution in [1.29, 1.82) is 0 Å². The zero-order valence-electron chi connectivity index (χ0n) is 14.7. The highest BCUT2D eigenvalue weighted by Crippen LogP contribution is 2.11. The molecule has 0 saturated carbocycles. The van der Waals surface area contributed by atoms with Crippen LogP contribution in [0.1, 0.15) is 33.1 Å². The van der Waals surface area contributed by atoms with Crippen molar-refractivity contribution in [3.05, 3.63) is 30.3 Å². The maximum Gasteiger partial charge on any atom is 0.329 e. The van der Waals surface area contributed by atoms with Gasteiger partial charge in [0.25, 0.3) is 5.91 Å². The summed E-state index contributed by atoms with van der Waals surface area (Å²) in [5.41, 5.74) is 0.620. The number of para-hydroxylation sites is 1. The van der Waals surface area contributed by atoms with Crippen LogP contribution in [0.3, 0.4) is 0 Å². The van der Waals surface area contributed by atoms with Crippen LogP contribution in [-0.4, -0.2) is 48.0 Å². The summed E-state index contributed by atoms with van der Waals surface area (Å²) in [4.78, 5) is 38.0. The summed E-state index contributed by atoms with van der Waals surface area (Å²) in [6.07, 6.45) is 2.22. The van der Waals surface area contributed by atoms with Crippen molar-refractivity contribution in [1.82, 2.24) is 10.2 Å². The van der Waals surface area contributed by atoms with Crippen molar-refractivity contribution >= 4 is 23.6 Å². The number of hydrogen-bond donors (Lipinski definition) is 2. The molecule has 0 unspecified atom stereocenters. The van der Waals surface area contributed by atoms with Crippen LogP contribution in [0.4, 0.5) is 10.5 Å². The number of rotatable bonds is 5. The molecule has 0 aliphatic carbocycles. The molecule has 1 aliphatic heterocycles. The largest absolute Gasteiger partial charge is 0.451 e. The van der Waals surface area contributed by atoms with Gasteiger partial charge in [0.2, 0.25) is 0 Å². The molecular weight excluding hydrogens is 322 g/mol. The molecule has 1 aliphatic rings. The normalized spacial score (nSPS) is 16.5. The molecule has 25 heavy (non-hydrogen) atoms. The van der Waals surface area contributed by atoms with Gasteiger partial charge < -0.3 is 20.3 Å². The third kappa shape index (κ3) is 5.77. The third-order valence-corrected chi connectivity index (χ3v) is 4.04. The van der Waals surface area contributed by atoms with Crippen LogP contribution >= 0.6 is 0 Å². The van der Waals surface area contributed by atoms with E-state index in [1.807, 2.05) is 6.07 Å². The first-order chi connectivity index (χ1) is 12.0. The summed E-state index contributed by atoms with van der Waals surface area (Å²) >= 11 is 0. The van der Waals surface area contributed by atoms with E-state index in [0.717, 1.165) is 19.3 Å². The lowest BCUT2D eigenvalue weighted by Crippen LogP contribution is -2.46. The van der Waals surface area contributed by atoms with E-state index < -0.39 is 24.1 Å². The molecule has 7 heteroatoms. The summed E-state index contributed by atoms with van der Waals surface area (Å²) in [5, 5.41) is 5.12. The minimum atomic E-state index is -0.861. The Labute approximate surface area is 147 Å². The number of hydrogen-bond acceptors (Lipinski definition) is 4. The molecule has 2 N–H and O–H groups in total. The van der Waals surface area contributed by atoms with E-state index in [2.05, 4.69) is 10.6 Å². The number of carbonyl (C=O) groups excluding carboxylic acids is 3. The van der Waals surface area contributed by atoms with E-state index in [1.165, 1.54) is 6.92 Å². The van der Waals surface area contributed by atoms with Crippen molar-refractivity contribution in [2.75, 3.05) is 18.4 Å². The van der Waals surface area contributed by atoms with Gasteiger partial charge in [-0.15, -0.1) is 0 Å². The predicted molar refractivity (Wildman–Crippen MR) is 94.0 cm³/mol. The first-order valence-electron chi connectivity index (χ1n) is 8.59. The van der Waals surface area contributed by atoms with Gasteiger partial charge in [-0.1, -0.05) is 18.2 Å². The summed E-state index contributed by atoms with van der Waals surface area (Å²) in [7, 11) is 0. The highest BCUT2D eigenvalue weighted by Gasteiger charge is 2.27. The average Bonchev–Trinajstić information content (AvgIpc) is 2.62. The van der Waals surface area contributed by atoms with Gasteiger partial charge in [0.1, 0.15) is 6.04 Å². The lowest BCUT2D eigenvalue weighted by molar-refractivity contribution is -0.160. The second kappa shape index (κ2) is 9.05. The number of likely N-dealkylation sites (tertiary alicyclic amines) is 1. The lowest BCUT2D eigenvalue weighted by atomic mass is 10.1. The number of ether oxygens (including phenoxy) is 1. The fourth-order valence-electron chi connectivity index (χ4n) is 2.64. The molecular formula is C18H25N3O4. The Morgan fingerprint density at radius 3 is 2.32 bits per heavy atom. The predicted octanol–water partition coefficient (Wildman–Crippen LogP) is 2.14. The molecule has 1 heterocycles. The number of esters is 1. The van der Waals surface area contributed by atoms with Crippen LogP contribution in [0, 0.1) is 0 Å². The first-order valence-corrected chi connectivity index (χ1v) is 8.59. The number of nitrogens with one attached hydrogen (secondary N) is 2. The minimum Gasteiger partial charge on any atom is -0.451 e. The van der Waals surface area contributed by atoms with Gasteiger partial charge in [-0.05, 0) is 45.2 Å². The van der Waals surface area contributed by atoms with Crippen LogP contribution in [0.25, 0.3) is 0 Å². The summed E-state index contributed by atoms with van der Waals surface area (Å²) < 4.78 is 5.21. The van der Waals surface area contributed by atoms with Gasteiger partial charge in [-0.3, -0.25) is 4.79 Å². The van der Waals surface area contributed by atoms with Crippen molar-refractivity contribution < 1.29 is 19.1 Å². The van der Waals surface area contributed by atoms with Crippen LogP contribution in [-0.2, 0) is 14.3 Å². The Kier molecular flexibility index (Phi) is 6.80. The van der Waals surface area contributed by atoms with Crippen molar-refractivity contribution in [3.63, 3.8) is 0 Å². The molecule has 0 bridgehead atoms. The Balaban J connectivity index is 1.78. The van der Waals surface area contributed by atoms with Gasteiger partial charge >= 0.3 is 12.0 Å². The monoisotopic (exact) mass is 347 g/mol. The number of amides is 3. The van der Waals surface area contributed by atoms with E-state index >= 15 is 0 Å². The number of nitrogens with zero attached hydrogens (tertiary/aromatic N) is 1. The maximum atomic E-state index is 12.3. The van der Waals surface area contributed by atoms with E-state index in [0.29, 0.717) is 18.8 Å². The Morgan fingerprint density at radius 1 is 1.04 bits per heavy atom. The first kappa shape index (κ1) is 18.8. The minimum absolute atomic E-state index is 0.186. The smallest absolute Gasteiger partial charge is 0.329 e. The highest BCUT2D eigenvalue weighted by atomic mass is 16.5. The fourth-order valence-corrected chi connectivity index (χ4v) is 2.64. The summed E-state index contributed by atoms with van der Waals surface area (Å²) in [5.74, 6) is -0.824. The molecule has 2 atom stereocenters. The SMILES string of the molecule is C[C@H](OC(=O)[C@@H](C)NC(=O)Nc1ccccc1)C(=O)N1CCCCC1. The molecule has 1 aromatic rings. The molecule has 136 valence electrons. The van der Waals surface area contributed by atoms with Crippen LogP contribution in [0.15, 0.2) is 30.3 Å². The zero-order chi connectivity index (χ0) is 18.2. The van der Waals surface area contributed by atoms with Crippen LogP contribution in [0.5, 0.6) is 0 Å². The summed E-state index contributed by atoms with van der Waals surface area (Å²) in [6.45, 7) is 4.48. The molecule has 2 rings (SSSR count). The molecule has 7 nitrogen and oxygen atoms in total. The summed E-state index contributed by atoms with van der Waals surface area (Å²) in [6, 6.07) is 7.53. The Morgan fingerprint density at radius 2 is 1.68 bits per heavy atom. The van der Waals surface area contributed by atoms with Crippen LogP contribution in [0.2, 0.25) is 0 Å². The quantitative estimate of drug-likeness (QED) is 0.799. The number of piperidine rings is 1. The Hall–Kier alpha value is -2.57. The van der Waals surface area contributed by atoms with Crippen molar-refractivity contribution in [3.8, 4) is 0 Å². The average molecular weight is 347 g/mol. The molecule has 1 fully saturated rings. The van der Waals surface area contributed by atoms with Crippen molar-refractivity contribution in [2.24, 2.45) is 0 Å². The van der Waals surface area contributed by atoms with Gasteiger partial charge in [-0.25, -0.2) is 9.59 Å². The standard InChI is InChI=1S/C18H25N3O4/c1-13(19-18(24)20-15-9-5-3-6-10-15)17(23)25-14(2)16(22)21-11-7-4-8-12-21/h3,5-6,9-10,13-14H,4,7-8,11-12H2,1-2H3,(H2,19,20,24)/t13-,14+/m1/s1. The molecule has 1 saturated heterocycles. The maximum absolute atomic E-state index is 12.3. The third-order valence-electron chi connectivity index (χ3n) is 4.04. The van der Waals surface area contributed by atoms with Gasteiger partial charge in [0, 0.05) is 18.8 Å². The topological polar surface area (TPSA) is 87.7 Å². The molecule has 0 spiro atoms. The zero-order valence-corrected chi connectivity index (χ0v) is 14.7. The second-order valence-electron chi connectivity index (χ2n) is 6.15. The molecule has 3 amide bonds. The molecule has 0 radical (unpaired) electrons. The fraction of sp³-hybridized carbons (Fsp3) is 0.500. The number of benzene rings is 1. The number of urea groups is 1. The molecule has 1 aromatic carbocycles. The second-order valence-corrected chi connectivity index (χ2v) is 6.15. The van der Waals surface area contributed by atoms with Gasteiger partial charge in [-0.2, -0.15) is 0 Å².